The van der Waals surface area contributed by atoms with Crippen LogP contribution in [0.3, 0.4) is 0 Å². The number of alkyl halides is 1. The van der Waals surface area contributed by atoms with Crippen LogP contribution in [0.4, 0.5) is 0 Å². The Balaban J connectivity index is 3.41. The summed E-state index contributed by atoms with van der Waals surface area (Å²) in [6.45, 7) is 0. The van der Waals surface area contributed by atoms with Gasteiger partial charge in [-0.25, -0.2) is 4.79 Å². The lowest BCUT2D eigenvalue weighted by atomic mass is 10.0. The van der Waals surface area contributed by atoms with Crippen LogP contribution in [-0.4, -0.2) is 11.1 Å². The minimum Gasteiger partial charge on any atom is -0.478 e. The van der Waals surface area contributed by atoms with Crippen molar-refractivity contribution in [3.8, 4) is 6.07 Å². The number of aromatic carboxylic acids is 1. The zero-order chi connectivity index (χ0) is 9.84. The van der Waals surface area contributed by atoms with Gasteiger partial charge in [-0.05, 0) is 11.6 Å². The van der Waals surface area contributed by atoms with Crippen molar-refractivity contribution in [2.75, 3.05) is 0 Å². The Morgan fingerprint density at radius 2 is 2.31 bits per heavy atom. The molecule has 1 aromatic rings. The van der Waals surface area contributed by atoms with Gasteiger partial charge in [0.05, 0.1) is 11.1 Å². The van der Waals surface area contributed by atoms with Crippen molar-refractivity contribution < 1.29 is 9.90 Å². The Morgan fingerprint density at radius 3 is 2.77 bits per heavy atom. The molecule has 4 heteroatoms. The highest BCUT2D eigenvalue weighted by Gasteiger charge is 2.13. The average molecular weight is 240 g/mol. The molecule has 1 rings (SSSR count). The van der Waals surface area contributed by atoms with Crippen LogP contribution in [0.25, 0.3) is 0 Å². The summed E-state index contributed by atoms with van der Waals surface area (Å²) in [5, 5.41) is 17.9. The van der Waals surface area contributed by atoms with Crippen LogP contribution >= 0.6 is 15.9 Å². The maximum atomic E-state index is 10.8. The van der Waals surface area contributed by atoms with Gasteiger partial charge in [0, 0.05) is 5.33 Å². The Hall–Kier alpha value is -1.34. The molecule has 0 aliphatic heterocycles. The van der Waals surface area contributed by atoms with Crippen LogP contribution in [0.15, 0.2) is 18.2 Å². The van der Waals surface area contributed by atoms with Crippen molar-refractivity contribution in [3.05, 3.63) is 34.9 Å². The molecule has 3 nitrogen and oxygen atoms in total. The fraction of sp³-hybridized carbons (Fsp3) is 0.111. The summed E-state index contributed by atoms with van der Waals surface area (Å²) in [7, 11) is 0. The highest BCUT2D eigenvalue weighted by molar-refractivity contribution is 9.08. The monoisotopic (exact) mass is 239 g/mol. The molecule has 0 amide bonds. The van der Waals surface area contributed by atoms with E-state index in [4.69, 9.17) is 10.4 Å². The van der Waals surface area contributed by atoms with Gasteiger partial charge in [-0.1, -0.05) is 28.1 Å². The molecule has 0 radical (unpaired) electrons. The Morgan fingerprint density at radius 1 is 1.62 bits per heavy atom. The average Bonchev–Trinajstić information content (AvgIpc) is 2.16. The molecular formula is C9H6BrNO2. The Kier molecular flexibility index (Phi) is 3.04. The first-order valence-corrected chi connectivity index (χ1v) is 4.64. The number of hydrogen-bond acceptors (Lipinski definition) is 2. The zero-order valence-electron chi connectivity index (χ0n) is 6.62. The number of halogens is 1. The number of rotatable bonds is 2. The van der Waals surface area contributed by atoms with E-state index < -0.39 is 5.97 Å². The SMILES string of the molecule is N#Cc1cccc(CBr)c1C(=O)O. The first-order chi connectivity index (χ1) is 6.20. The van der Waals surface area contributed by atoms with E-state index in [-0.39, 0.29) is 11.1 Å². The molecule has 0 saturated carbocycles. The number of benzene rings is 1. The third kappa shape index (κ3) is 1.87. The van der Waals surface area contributed by atoms with Crippen molar-refractivity contribution in [3.63, 3.8) is 0 Å². The van der Waals surface area contributed by atoms with E-state index >= 15 is 0 Å². The number of nitrogens with zero attached hydrogens (tertiary/aromatic N) is 1. The summed E-state index contributed by atoms with van der Waals surface area (Å²) in [6.07, 6.45) is 0. The van der Waals surface area contributed by atoms with Gasteiger partial charge in [-0.3, -0.25) is 0 Å². The minimum atomic E-state index is -1.06. The predicted molar refractivity (Wildman–Crippen MR) is 50.7 cm³/mol. The number of hydrogen-bond donors (Lipinski definition) is 1. The normalized spacial score (nSPS) is 9.23. The van der Waals surface area contributed by atoms with E-state index in [1.165, 1.54) is 6.07 Å². The topological polar surface area (TPSA) is 61.1 Å². The first-order valence-electron chi connectivity index (χ1n) is 3.52. The maximum Gasteiger partial charge on any atom is 0.337 e. The van der Waals surface area contributed by atoms with E-state index in [0.717, 1.165) is 0 Å². The fourth-order valence-corrected chi connectivity index (χ4v) is 1.52. The molecule has 0 bridgehead atoms. The van der Waals surface area contributed by atoms with Gasteiger partial charge in [-0.15, -0.1) is 0 Å². The molecule has 0 aliphatic carbocycles. The fourth-order valence-electron chi connectivity index (χ4n) is 1.06. The summed E-state index contributed by atoms with van der Waals surface area (Å²) in [5.74, 6) is -1.06. The molecule has 0 spiro atoms. The second-order valence-electron chi connectivity index (χ2n) is 2.39. The molecule has 1 N–H and O–H groups in total. The van der Waals surface area contributed by atoms with Gasteiger partial charge in [0.2, 0.25) is 0 Å². The number of carbonyl (C=O) groups is 1. The second-order valence-corrected chi connectivity index (χ2v) is 2.95. The van der Waals surface area contributed by atoms with Gasteiger partial charge in [-0.2, -0.15) is 5.26 Å². The second kappa shape index (κ2) is 4.06. The van der Waals surface area contributed by atoms with Crippen LogP contribution in [-0.2, 0) is 5.33 Å². The molecule has 0 saturated heterocycles. The molecule has 0 unspecified atom stereocenters. The Bertz CT molecular complexity index is 382. The lowest BCUT2D eigenvalue weighted by Crippen LogP contribution is -2.04. The predicted octanol–water partition coefficient (Wildman–Crippen LogP) is 2.15. The van der Waals surface area contributed by atoms with Crippen LogP contribution in [0.1, 0.15) is 21.5 Å². The van der Waals surface area contributed by atoms with Crippen LogP contribution in [0.2, 0.25) is 0 Å². The third-order valence-corrected chi connectivity index (χ3v) is 2.23. The zero-order valence-corrected chi connectivity index (χ0v) is 8.21. The standard InChI is InChI=1S/C9H6BrNO2/c10-4-6-2-1-3-7(5-11)8(6)9(12)13/h1-3H,4H2,(H,12,13). The van der Waals surface area contributed by atoms with Gasteiger partial charge >= 0.3 is 5.97 Å². The van der Waals surface area contributed by atoms with Gasteiger partial charge in [0.1, 0.15) is 6.07 Å². The van der Waals surface area contributed by atoms with Crippen molar-refractivity contribution in [1.29, 1.82) is 5.26 Å². The van der Waals surface area contributed by atoms with Gasteiger partial charge in [0.15, 0.2) is 0 Å². The third-order valence-electron chi connectivity index (χ3n) is 1.63. The molecule has 0 aromatic heterocycles. The van der Waals surface area contributed by atoms with Gasteiger partial charge < -0.3 is 5.11 Å². The van der Waals surface area contributed by atoms with Crippen LogP contribution in [0, 0.1) is 11.3 Å². The van der Waals surface area contributed by atoms with Crippen molar-refractivity contribution in [2.24, 2.45) is 0 Å². The summed E-state index contributed by atoms with van der Waals surface area (Å²) in [6, 6.07) is 6.69. The quantitative estimate of drug-likeness (QED) is 0.805. The molecule has 0 heterocycles. The summed E-state index contributed by atoms with van der Waals surface area (Å²) >= 11 is 3.17. The lowest BCUT2D eigenvalue weighted by molar-refractivity contribution is 0.0695. The van der Waals surface area contributed by atoms with Crippen LogP contribution < -0.4 is 0 Å². The number of carboxylic acids is 1. The van der Waals surface area contributed by atoms with Crippen molar-refractivity contribution >= 4 is 21.9 Å². The molecular weight excluding hydrogens is 234 g/mol. The molecule has 0 fully saturated rings. The summed E-state index contributed by atoms with van der Waals surface area (Å²) in [5.41, 5.74) is 0.901. The molecule has 13 heavy (non-hydrogen) atoms. The largest absolute Gasteiger partial charge is 0.478 e. The highest BCUT2D eigenvalue weighted by Crippen LogP contribution is 2.16. The number of nitriles is 1. The molecule has 66 valence electrons. The van der Waals surface area contributed by atoms with E-state index in [0.29, 0.717) is 10.9 Å². The maximum absolute atomic E-state index is 10.8. The van der Waals surface area contributed by atoms with E-state index in [1.807, 2.05) is 6.07 Å². The number of carboxylic acid groups (broad SMARTS) is 1. The first kappa shape index (κ1) is 9.75. The smallest absolute Gasteiger partial charge is 0.337 e. The van der Waals surface area contributed by atoms with E-state index in [9.17, 15) is 4.79 Å². The minimum absolute atomic E-state index is 0.0851. The molecule has 1 aromatic carbocycles. The van der Waals surface area contributed by atoms with Crippen molar-refractivity contribution in [1.82, 2.24) is 0 Å². The lowest BCUT2D eigenvalue weighted by Gasteiger charge is -2.03. The van der Waals surface area contributed by atoms with Gasteiger partial charge in [0.25, 0.3) is 0 Å². The summed E-state index contributed by atoms with van der Waals surface area (Å²) < 4.78 is 0. The Labute approximate surface area is 83.7 Å². The molecule has 0 atom stereocenters. The van der Waals surface area contributed by atoms with Crippen LogP contribution in [0.5, 0.6) is 0 Å². The van der Waals surface area contributed by atoms with Crippen molar-refractivity contribution in [2.45, 2.75) is 5.33 Å². The van der Waals surface area contributed by atoms with E-state index in [2.05, 4.69) is 15.9 Å². The highest BCUT2D eigenvalue weighted by atomic mass is 79.9. The summed E-state index contributed by atoms with van der Waals surface area (Å²) in [4.78, 5) is 10.8. The molecule has 0 aliphatic rings. The van der Waals surface area contributed by atoms with E-state index in [1.54, 1.807) is 12.1 Å².